The predicted molar refractivity (Wildman–Crippen MR) is 86.4 cm³/mol. The van der Waals surface area contributed by atoms with Gasteiger partial charge in [-0.05, 0) is 79.4 Å². The molecule has 1 aliphatic rings. The summed E-state index contributed by atoms with van der Waals surface area (Å²) in [6, 6.07) is 5.87. The third-order valence-electron chi connectivity index (χ3n) is 3.67. The van der Waals surface area contributed by atoms with Crippen LogP contribution >= 0.6 is 22.6 Å². The summed E-state index contributed by atoms with van der Waals surface area (Å²) in [4.78, 5) is 12.1. The number of amides is 1. The summed E-state index contributed by atoms with van der Waals surface area (Å²) in [5, 5.41) is 6.45. The maximum Gasteiger partial charge on any atom is 0.252 e. The molecule has 0 saturated carbocycles. The van der Waals surface area contributed by atoms with E-state index in [2.05, 4.69) is 33.2 Å². The number of aryl methyl sites for hydroxylation is 1. The van der Waals surface area contributed by atoms with Crippen molar-refractivity contribution in [3.05, 3.63) is 32.9 Å². The van der Waals surface area contributed by atoms with Gasteiger partial charge in [-0.15, -0.1) is 0 Å². The van der Waals surface area contributed by atoms with Crippen molar-refractivity contribution in [3.63, 3.8) is 0 Å². The largest absolute Gasteiger partial charge is 0.352 e. The Labute approximate surface area is 128 Å². The molecule has 4 heteroatoms. The van der Waals surface area contributed by atoms with E-state index in [1.54, 1.807) is 0 Å². The van der Waals surface area contributed by atoms with Crippen molar-refractivity contribution >= 4 is 28.5 Å². The van der Waals surface area contributed by atoms with Crippen molar-refractivity contribution in [2.24, 2.45) is 5.92 Å². The quantitative estimate of drug-likeness (QED) is 0.799. The second-order valence-electron chi connectivity index (χ2n) is 5.19. The summed E-state index contributed by atoms with van der Waals surface area (Å²) in [5.74, 6) is 0.766. The van der Waals surface area contributed by atoms with E-state index in [0.29, 0.717) is 5.92 Å². The van der Waals surface area contributed by atoms with Gasteiger partial charge in [-0.3, -0.25) is 4.79 Å². The molecule has 3 nitrogen and oxygen atoms in total. The maximum absolute atomic E-state index is 12.1. The Morgan fingerprint density at radius 2 is 2.37 bits per heavy atom. The number of halogens is 1. The van der Waals surface area contributed by atoms with Crippen molar-refractivity contribution in [1.82, 2.24) is 10.6 Å². The average Bonchev–Trinajstić information content (AvgIpc) is 2.43. The van der Waals surface area contributed by atoms with E-state index < -0.39 is 0 Å². The molecular weight excluding hydrogens is 351 g/mol. The first kappa shape index (κ1) is 14.8. The van der Waals surface area contributed by atoms with Crippen molar-refractivity contribution in [2.75, 3.05) is 19.6 Å². The Morgan fingerprint density at radius 1 is 1.53 bits per heavy atom. The molecule has 1 saturated heterocycles. The van der Waals surface area contributed by atoms with Gasteiger partial charge < -0.3 is 10.6 Å². The fourth-order valence-corrected chi connectivity index (χ4v) is 3.08. The molecule has 0 aliphatic carbocycles. The summed E-state index contributed by atoms with van der Waals surface area (Å²) < 4.78 is 1.05. The van der Waals surface area contributed by atoms with Gasteiger partial charge in [0, 0.05) is 10.1 Å². The highest BCUT2D eigenvalue weighted by Gasteiger charge is 2.14. The molecule has 1 aromatic carbocycles. The number of carbonyl (C=O) groups excluding carboxylic acids is 1. The van der Waals surface area contributed by atoms with E-state index in [0.717, 1.165) is 40.8 Å². The molecule has 0 spiro atoms. The van der Waals surface area contributed by atoms with Crippen LogP contribution in [-0.2, 0) is 0 Å². The predicted octanol–water partition coefficient (Wildman–Crippen LogP) is 2.72. The summed E-state index contributed by atoms with van der Waals surface area (Å²) in [7, 11) is 0. The number of nitrogens with one attached hydrogen (secondary N) is 2. The van der Waals surface area contributed by atoms with Gasteiger partial charge in [0.1, 0.15) is 0 Å². The standard InChI is InChI=1S/C15H21IN2O/c1-11-4-2-6-13(14(11)16)15(19)18-9-7-12-5-3-8-17-10-12/h2,4,6,12,17H,3,5,7-10H2,1H3,(H,18,19). The molecule has 1 unspecified atom stereocenters. The molecule has 1 heterocycles. The minimum absolute atomic E-state index is 0.0527. The van der Waals surface area contributed by atoms with Crippen LogP contribution in [0.25, 0.3) is 0 Å². The molecule has 1 amide bonds. The number of rotatable bonds is 4. The first-order valence-electron chi connectivity index (χ1n) is 6.92. The van der Waals surface area contributed by atoms with Gasteiger partial charge in [-0.1, -0.05) is 12.1 Å². The van der Waals surface area contributed by atoms with Crippen LogP contribution < -0.4 is 10.6 Å². The lowest BCUT2D eigenvalue weighted by molar-refractivity contribution is 0.0949. The van der Waals surface area contributed by atoms with Gasteiger partial charge in [-0.25, -0.2) is 0 Å². The summed E-state index contributed by atoms with van der Waals surface area (Å²) in [5.41, 5.74) is 1.95. The molecule has 2 N–H and O–H groups in total. The number of benzene rings is 1. The summed E-state index contributed by atoms with van der Waals surface area (Å²) in [6.45, 7) is 5.05. The van der Waals surface area contributed by atoms with Crippen LogP contribution in [0.15, 0.2) is 18.2 Å². The van der Waals surface area contributed by atoms with Crippen LogP contribution in [-0.4, -0.2) is 25.5 Å². The average molecular weight is 372 g/mol. The molecule has 1 aliphatic heterocycles. The van der Waals surface area contributed by atoms with Crippen LogP contribution in [0.4, 0.5) is 0 Å². The monoisotopic (exact) mass is 372 g/mol. The van der Waals surface area contributed by atoms with Gasteiger partial charge in [0.2, 0.25) is 0 Å². The minimum Gasteiger partial charge on any atom is -0.352 e. The molecule has 1 fully saturated rings. The van der Waals surface area contributed by atoms with Gasteiger partial charge >= 0.3 is 0 Å². The second kappa shape index (κ2) is 7.24. The van der Waals surface area contributed by atoms with Gasteiger partial charge in [0.25, 0.3) is 5.91 Å². The van der Waals surface area contributed by atoms with Crippen LogP contribution in [0, 0.1) is 16.4 Å². The molecule has 0 bridgehead atoms. The zero-order valence-electron chi connectivity index (χ0n) is 11.3. The van der Waals surface area contributed by atoms with E-state index >= 15 is 0 Å². The van der Waals surface area contributed by atoms with E-state index in [4.69, 9.17) is 0 Å². The fraction of sp³-hybridized carbons (Fsp3) is 0.533. The third kappa shape index (κ3) is 4.18. The van der Waals surface area contributed by atoms with Gasteiger partial charge in [0.05, 0.1) is 5.56 Å². The van der Waals surface area contributed by atoms with E-state index in [-0.39, 0.29) is 5.91 Å². The minimum atomic E-state index is 0.0527. The number of piperidine rings is 1. The zero-order chi connectivity index (χ0) is 13.7. The zero-order valence-corrected chi connectivity index (χ0v) is 13.5. The van der Waals surface area contributed by atoms with Crippen molar-refractivity contribution in [2.45, 2.75) is 26.2 Å². The van der Waals surface area contributed by atoms with Crippen LogP contribution in [0.3, 0.4) is 0 Å². The van der Waals surface area contributed by atoms with E-state index in [1.165, 1.54) is 12.8 Å². The smallest absolute Gasteiger partial charge is 0.252 e. The van der Waals surface area contributed by atoms with E-state index in [1.807, 2.05) is 25.1 Å². The molecule has 0 aromatic heterocycles. The molecule has 19 heavy (non-hydrogen) atoms. The molecule has 1 atom stereocenters. The van der Waals surface area contributed by atoms with Crippen molar-refractivity contribution in [3.8, 4) is 0 Å². The Kier molecular flexibility index (Phi) is 5.63. The van der Waals surface area contributed by atoms with Gasteiger partial charge in [-0.2, -0.15) is 0 Å². The Balaban J connectivity index is 1.82. The lowest BCUT2D eigenvalue weighted by Gasteiger charge is -2.22. The highest BCUT2D eigenvalue weighted by molar-refractivity contribution is 14.1. The number of hydrogen-bond donors (Lipinski definition) is 2. The Morgan fingerprint density at radius 3 is 3.11 bits per heavy atom. The highest BCUT2D eigenvalue weighted by atomic mass is 127. The van der Waals surface area contributed by atoms with E-state index in [9.17, 15) is 4.79 Å². The van der Waals surface area contributed by atoms with Gasteiger partial charge in [0.15, 0.2) is 0 Å². The lowest BCUT2D eigenvalue weighted by Crippen LogP contribution is -2.33. The topological polar surface area (TPSA) is 41.1 Å². The third-order valence-corrected chi connectivity index (χ3v) is 5.11. The van der Waals surface area contributed by atoms with Crippen LogP contribution in [0.2, 0.25) is 0 Å². The number of hydrogen-bond acceptors (Lipinski definition) is 2. The normalized spacial score (nSPS) is 19.2. The maximum atomic E-state index is 12.1. The lowest BCUT2D eigenvalue weighted by atomic mass is 9.96. The molecule has 0 radical (unpaired) electrons. The fourth-order valence-electron chi connectivity index (χ4n) is 2.48. The summed E-state index contributed by atoms with van der Waals surface area (Å²) >= 11 is 2.24. The molecular formula is C15H21IN2O. The molecule has 1 aromatic rings. The first-order chi connectivity index (χ1) is 9.18. The van der Waals surface area contributed by atoms with Crippen molar-refractivity contribution in [1.29, 1.82) is 0 Å². The SMILES string of the molecule is Cc1cccc(C(=O)NCCC2CCCNC2)c1I. The molecule has 2 rings (SSSR count). The number of carbonyl (C=O) groups is 1. The molecule has 104 valence electrons. The summed E-state index contributed by atoms with van der Waals surface area (Å²) in [6.07, 6.45) is 3.61. The second-order valence-corrected chi connectivity index (χ2v) is 6.27. The Bertz CT molecular complexity index is 442. The Hall–Kier alpha value is -0.620. The highest BCUT2D eigenvalue weighted by Crippen LogP contribution is 2.17. The van der Waals surface area contributed by atoms with Crippen LogP contribution in [0.1, 0.15) is 35.2 Å². The van der Waals surface area contributed by atoms with Crippen molar-refractivity contribution < 1.29 is 4.79 Å². The van der Waals surface area contributed by atoms with Crippen LogP contribution in [0.5, 0.6) is 0 Å². The first-order valence-corrected chi connectivity index (χ1v) is 8.00.